The van der Waals surface area contributed by atoms with E-state index in [1.807, 2.05) is 45.9 Å². The number of amides is 1. The van der Waals surface area contributed by atoms with Crippen LogP contribution in [0.25, 0.3) is 0 Å². The summed E-state index contributed by atoms with van der Waals surface area (Å²) in [5.41, 5.74) is 3.76. The lowest BCUT2D eigenvalue weighted by Gasteiger charge is -2.16. The molecule has 0 spiro atoms. The number of rotatable bonds is 7. The van der Waals surface area contributed by atoms with Gasteiger partial charge in [0, 0.05) is 17.5 Å². The molecule has 0 bridgehead atoms. The van der Waals surface area contributed by atoms with Gasteiger partial charge in [0.1, 0.15) is 11.5 Å². The highest BCUT2D eigenvalue weighted by atomic mass is 16.5. The van der Waals surface area contributed by atoms with Crippen molar-refractivity contribution >= 4 is 12.1 Å². The highest BCUT2D eigenvalue weighted by molar-refractivity contribution is 5.87. The van der Waals surface area contributed by atoms with Crippen LogP contribution >= 0.6 is 0 Å². The standard InChI is InChI=1S/C22H32N2O3/c1-14(2)26-17-10-9-16(19(12-17)27-15(3)4)13-23-24-21(25)20-18-8-6-7-11-22(18,20)5/h9-10,12-15,18,20H,6-8,11H2,1-5H3,(H,24,25)/b23-13-/t18-,20+,22-/m1/s1. The summed E-state index contributed by atoms with van der Waals surface area (Å²) in [6.45, 7) is 10.2. The molecule has 2 fully saturated rings. The Morgan fingerprint density at radius 3 is 2.59 bits per heavy atom. The maximum absolute atomic E-state index is 12.5. The molecule has 1 amide bonds. The molecule has 2 aliphatic carbocycles. The second-order valence-corrected chi connectivity index (χ2v) is 8.60. The van der Waals surface area contributed by atoms with Crippen molar-refractivity contribution in [1.29, 1.82) is 0 Å². The predicted octanol–water partition coefficient (Wildman–Crippen LogP) is 4.54. The first-order chi connectivity index (χ1) is 12.8. The molecule has 3 atom stereocenters. The summed E-state index contributed by atoms with van der Waals surface area (Å²) in [7, 11) is 0. The van der Waals surface area contributed by atoms with E-state index in [9.17, 15) is 4.79 Å². The largest absolute Gasteiger partial charge is 0.491 e. The molecule has 2 saturated carbocycles. The van der Waals surface area contributed by atoms with E-state index in [-0.39, 0.29) is 29.4 Å². The van der Waals surface area contributed by atoms with Crippen molar-refractivity contribution in [1.82, 2.24) is 5.43 Å². The Bertz CT molecular complexity index is 714. The van der Waals surface area contributed by atoms with E-state index >= 15 is 0 Å². The van der Waals surface area contributed by atoms with Crippen LogP contribution < -0.4 is 14.9 Å². The topological polar surface area (TPSA) is 59.9 Å². The predicted molar refractivity (Wildman–Crippen MR) is 107 cm³/mol. The quantitative estimate of drug-likeness (QED) is 0.565. The number of ether oxygens (including phenoxy) is 2. The van der Waals surface area contributed by atoms with Crippen LogP contribution in [0, 0.1) is 17.3 Å². The molecule has 0 unspecified atom stereocenters. The number of carbonyl (C=O) groups excluding carboxylic acids is 1. The van der Waals surface area contributed by atoms with E-state index in [1.54, 1.807) is 6.21 Å². The van der Waals surface area contributed by atoms with Crippen molar-refractivity contribution in [2.24, 2.45) is 22.4 Å². The maximum atomic E-state index is 12.5. The van der Waals surface area contributed by atoms with Crippen molar-refractivity contribution in [2.75, 3.05) is 0 Å². The molecular weight excluding hydrogens is 340 g/mol. The third-order valence-electron chi connectivity index (χ3n) is 5.71. The number of fused-ring (bicyclic) bond motifs is 1. The van der Waals surface area contributed by atoms with Crippen LogP contribution in [0.2, 0.25) is 0 Å². The molecule has 148 valence electrons. The third-order valence-corrected chi connectivity index (χ3v) is 5.71. The first kappa shape index (κ1) is 19.7. The molecule has 1 aromatic carbocycles. The van der Waals surface area contributed by atoms with E-state index in [1.165, 1.54) is 19.3 Å². The lowest BCUT2D eigenvalue weighted by Crippen LogP contribution is -2.22. The van der Waals surface area contributed by atoms with Gasteiger partial charge in [0.2, 0.25) is 5.91 Å². The molecule has 1 N–H and O–H groups in total. The van der Waals surface area contributed by atoms with Crippen LogP contribution in [-0.4, -0.2) is 24.3 Å². The van der Waals surface area contributed by atoms with Gasteiger partial charge < -0.3 is 9.47 Å². The van der Waals surface area contributed by atoms with E-state index in [2.05, 4.69) is 17.5 Å². The Hall–Kier alpha value is -2.04. The Balaban J connectivity index is 1.66. The van der Waals surface area contributed by atoms with Crippen molar-refractivity contribution in [3.05, 3.63) is 23.8 Å². The highest BCUT2D eigenvalue weighted by Gasteiger charge is 2.64. The number of benzene rings is 1. The summed E-state index contributed by atoms with van der Waals surface area (Å²) in [6, 6.07) is 5.68. The molecular formula is C22H32N2O3. The SMILES string of the molecule is CC(C)Oc1ccc(/C=N\NC(=O)[C@@H]2[C@H]3CCCC[C@]32C)c(OC(C)C)c1. The minimum Gasteiger partial charge on any atom is -0.491 e. The summed E-state index contributed by atoms with van der Waals surface area (Å²) < 4.78 is 11.6. The van der Waals surface area contributed by atoms with E-state index in [4.69, 9.17) is 9.47 Å². The van der Waals surface area contributed by atoms with Gasteiger partial charge in [-0.2, -0.15) is 5.10 Å². The van der Waals surface area contributed by atoms with Crippen LogP contribution in [0.3, 0.4) is 0 Å². The normalized spacial score (nSPS) is 26.9. The molecule has 3 rings (SSSR count). The van der Waals surface area contributed by atoms with Crippen LogP contribution in [0.15, 0.2) is 23.3 Å². The van der Waals surface area contributed by atoms with Gasteiger partial charge in [0.15, 0.2) is 0 Å². The number of carbonyl (C=O) groups is 1. The van der Waals surface area contributed by atoms with Gasteiger partial charge in [-0.05, 0) is 64.0 Å². The lowest BCUT2D eigenvalue weighted by atomic mass is 9.90. The zero-order valence-electron chi connectivity index (χ0n) is 17.1. The summed E-state index contributed by atoms with van der Waals surface area (Å²) in [6.07, 6.45) is 6.60. The average Bonchev–Trinajstić information content (AvgIpc) is 3.21. The van der Waals surface area contributed by atoms with Crippen LogP contribution in [0.5, 0.6) is 11.5 Å². The van der Waals surface area contributed by atoms with Gasteiger partial charge in [0.25, 0.3) is 0 Å². The van der Waals surface area contributed by atoms with Crippen molar-refractivity contribution in [3.63, 3.8) is 0 Å². The van der Waals surface area contributed by atoms with E-state index in [0.717, 1.165) is 17.7 Å². The van der Waals surface area contributed by atoms with Gasteiger partial charge in [-0.25, -0.2) is 5.43 Å². The van der Waals surface area contributed by atoms with E-state index in [0.29, 0.717) is 11.7 Å². The molecule has 5 heteroatoms. The van der Waals surface area contributed by atoms with Crippen molar-refractivity contribution < 1.29 is 14.3 Å². The third kappa shape index (κ3) is 4.45. The summed E-state index contributed by atoms with van der Waals surface area (Å²) in [5, 5.41) is 4.20. The molecule has 0 aromatic heterocycles. The van der Waals surface area contributed by atoms with Gasteiger partial charge in [-0.1, -0.05) is 19.8 Å². The molecule has 2 aliphatic rings. The molecule has 0 aliphatic heterocycles. The van der Waals surface area contributed by atoms with Crippen LogP contribution in [0.1, 0.15) is 65.9 Å². The fraction of sp³-hybridized carbons (Fsp3) is 0.636. The number of nitrogens with one attached hydrogen (secondary N) is 1. The Labute approximate surface area is 162 Å². The summed E-state index contributed by atoms with van der Waals surface area (Å²) >= 11 is 0. The molecule has 0 heterocycles. The van der Waals surface area contributed by atoms with Crippen molar-refractivity contribution in [3.8, 4) is 11.5 Å². The zero-order valence-corrected chi connectivity index (χ0v) is 17.1. The van der Waals surface area contributed by atoms with Crippen LogP contribution in [-0.2, 0) is 4.79 Å². The van der Waals surface area contributed by atoms with E-state index < -0.39 is 0 Å². The molecule has 0 radical (unpaired) electrons. The lowest BCUT2D eigenvalue weighted by molar-refractivity contribution is -0.123. The fourth-order valence-electron chi connectivity index (χ4n) is 4.41. The molecule has 27 heavy (non-hydrogen) atoms. The second kappa shape index (κ2) is 7.91. The van der Waals surface area contributed by atoms with Gasteiger partial charge >= 0.3 is 0 Å². The van der Waals surface area contributed by atoms with Crippen molar-refractivity contribution in [2.45, 2.75) is 72.5 Å². The number of hydrogen-bond acceptors (Lipinski definition) is 4. The van der Waals surface area contributed by atoms with Gasteiger partial charge in [-0.3, -0.25) is 4.79 Å². The minimum atomic E-state index is 0.0376. The number of hydrazone groups is 1. The van der Waals surface area contributed by atoms with Gasteiger partial charge in [0.05, 0.1) is 18.4 Å². The number of hydrogen-bond donors (Lipinski definition) is 1. The average molecular weight is 373 g/mol. The Morgan fingerprint density at radius 1 is 1.22 bits per heavy atom. The van der Waals surface area contributed by atoms with Gasteiger partial charge in [-0.15, -0.1) is 0 Å². The maximum Gasteiger partial charge on any atom is 0.244 e. The first-order valence-corrected chi connectivity index (χ1v) is 10.1. The highest BCUT2D eigenvalue weighted by Crippen LogP contribution is 2.66. The first-order valence-electron chi connectivity index (χ1n) is 10.1. The Morgan fingerprint density at radius 2 is 1.96 bits per heavy atom. The smallest absolute Gasteiger partial charge is 0.244 e. The minimum absolute atomic E-state index is 0.0376. The van der Waals surface area contributed by atoms with Crippen LogP contribution in [0.4, 0.5) is 0 Å². The Kier molecular flexibility index (Phi) is 5.78. The zero-order chi connectivity index (χ0) is 19.6. The summed E-state index contributed by atoms with van der Waals surface area (Å²) in [4.78, 5) is 12.5. The molecule has 5 nitrogen and oxygen atoms in total. The summed E-state index contributed by atoms with van der Waals surface area (Å²) in [5.74, 6) is 2.16. The monoisotopic (exact) mass is 372 g/mol. The fourth-order valence-corrected chi connectivity index (χ4v) is 4.41. The molecule has 0 saturated heterocycles. The second-order valence-electron chi connectivity index (χ2n) is 8.60. The number of nitrogens with zero attached hydrogens (tertiary/aromatic N) is 1. The molecule has 1 aromatic rings.